The molecule has 1 aliphatic rings. The van der Waals surface area contributed by atoms with Gasteiger partial charge in [-0.15, -0.1) is 0 Å². The molecule has 1 saturated carbocycles. The van der Waals surface area contributed by atoms with E-state index in [4.69, 9.17) is 19.4 Å². The van der Waals surface area contributed by atoms with Crippen molar-refractivity contribution in [3.63, 3.8) is 0 Å². The number of amides is 1. The minimum atomic E-state index is -1.81. The Balaban J connectivity index is 2.08. The molecular weight excluding hydrogens is 362 g/mol. The van der Waals surface area contributed by atoms with Crippen LogP contribution in [0.2, 0.25) is 18.1 Å². The van der Waals surface area contributed by atoms with E-state index < -0.39 is 14.2 Å². The Hall–Kier alpha value is -2.02. The van der Waals surface area contributed by atoms with Gasteiger partial charge < -0.3 is 13.9 Å². The maximum atomic E-state index is 11.8. The number of hydrogen-bond donors (Lipinski definition) is 0. The summed E-state index contributed by atoms with van der Waals surface area (Å²) in [6.07, 6.45) is 2.84. The van der Waals surface area contributed by atoms with E-state index in [2.05, 4.69) is 43.9 Å². The Labute approximate surface area is 161 Å². The summed E-state index contributed by atoms with van der Waals surface area (Å²) >= 11 is 0. The van der Waals surface area contributed by atoms with Crippen LogP contribution in [0.1, 0.15) is 50.4 Å². The molecule has 0 spiro atoms. The fourth-order valence-electron chi connectivity index (χ4n) is 2.89. The first-order valence-corrected chi connectivity index (χ1v) is 12.1. The average Bonchev–Trinajstić information content (AvgIpc) is 3.00. The Morgan fingerprint density at radius 1 is 1.22 bits per heavy atom. The maximum absolute atomic E-state index is 11.8. The van der Waals surface area contributed by atoms with E-state index in [1.807, 2.05) is 0 Å². The fraction of sp³-hybridized carbons (Fsp3) is 0.632. The first-order valence-electron chi connectivity index (χ1n) is 9.19. The molecule has 0 heterocycles. The molecule has 0 aliphatic heterocycles. The number of rotatable bonds is 6. The van der Waals surface area contributed by atoms with E-state index in [0.717, 1.165) is 19.3 Å². The summed E-state index contributed by atoms with van der Waals surface area (Å²) < 4.78 is 18.0. The monoisotopic (exact) mass is 391 g/mol. The minimum absolute atomic E-state index is 0.00140. The molecule has 1 aromatic rings. The second-order valence-corrected chi connectivity index (χ2v) is 13.2. The SMILES string of the molecule is COc1ccc(C(=O)N=[N+]=[N-])cc1O[C@H]1CC[C@H](O[Si](C)(C)C(C)(C)C)C1. The summed E-state index contributed by atoms with van der Waals surface area (Å²) in [5, 5.41) is 3.30. The fourth-order valence-corrected chi connectivity index (χ4v) is 4.29. The average molecular weight is 392 g/mol. The Morgan fingerprint density at radius 3 is 2.48 bits per heavy atom. The summed E-state index contributed by atoms with van der Waals surface area (Å²) in [6.45, 7) is 11.2. The molecule has 0 N–H and O–H groups in total. The molecule has 2 rings (SSSR count). The zero-order valence-corrected chi connectivity index (χ0v) is 18.0. The van der Waals surface area contributed by atoms with E-state index in [9.17, 15) is 4.79 Å². The van der Waals surface area contributed by atoms with Crippen molar-refractivity contribution in [3.8, 4) is 11.5 Å². The molecule has 0 aromatic heterocycles. The van der Waals surface area contributed by atoms with Gasteiger partial charge in [-0.05, 0) is 59.8 Å². The zero-order valence-electron chi connectivity index (χ0n) is 17.0. The number of azide groups is 1. The molecule has 2 atom stereocenters. The van der Waals surface area contributed by atoms with Crippen LogP contribution in [-0.4, -0.2) is 33.5 Å². The summed E-state index contributed by atoms with van der Waals surface area (Å²) in [6, 6.07) is 4.77. The highest BCUT2D eigenvalue weighted by Crippen LogP contribution is 2.40. The van der Waals surface area contributed by atoms with Crippen LogP contribution in [0, 0.1) is 0 Å². The van der Waals surface area contributed by atoms with E-state index in [-0.39, 0.29) is 22.8 Å². The van der Waals surface area contributed by atoms with Crippen LogP contribution in [0.4, 0.5) is 0 Å². The van der Waals surface area contributed by atoms with Crippen LogP contribution >= 0.6 is 0 Å². The van der Waals surface area contributed by atoms with Crippen molar-refractivity contribution in [2.75, 3.05) is 7.11 Å². The highest BCUT2D eigenvalue weighted by molar-refractivity contribution is 6.74. The van der Waals surface area contributed by atoms with Crippen LogP contribution < -0.4 is 9.47 Å². The molecular formula is C19H29N3O4Si. The van der Waals surface area contributed by atoms with Gasteiger partial charge in [0.05, 0.1) is 7.11 Å². The number of methoxy groups -OCH3 is 1. The van der Waals surface area contributed by atoms with Crippen molar-refractivity contribution < 1.29 is 18.7 Å². The van der Waals surface area contributed by atoms with Crippen LogP contribution in [-0.2, 0) is 4.43 Å². The third-order valence-corrected chi connectivity index (χ3v) is 9.98. The van der Waals surface area contributed by atoms with Gasteiger partial charge in [-0.3, -0.25) is 4.79 Å². The quantitative estimate of drug-likeness (QED) is 0.278. The van der Waals surface area contributed by atoms with Gasteiger partial charge in [-0.25, -0.2) is 0 Å². The van der Waals surface area contributed by atoms with Gasteiger partial charge in [0.1, 0.15) is 6.10 Å². The number of ether oxygens (including phenoxy) is 2. The summed E-state index contributed by atoms with van der Waals surface area (Å²) in [4.78, 5) is 14.3. The second kappa shape index (κ2) is 8.33. The van der Waals surface area contributed by atoms with Gasteiger partial charge in [-0.1, -0.05) is 20.8 Å². The van der Waals surface area contributed by atoms with Crippen molar-refractivity contribution in [3.05, 3.63) is 34.2 Å². The van der Waals surface area contributed by atoms with Crippen molar-refractivity contribution in [2.24, 2.45) is 5.11 Å². The number of carbonyl (C=O) groups is 1. The molecule has 148 valence electrons. The van der Waals surface area contributed by atoms with E-state index in [1.54, 1.807) is 25.3 Å². The topological polar surface area (TPSA) is 93.5 Å². The van der Waals surface area contributed by atoms with E-state index >= 15 is 0 Å². The maximum Gasteiger partial charge on any atom is 0.249 e. The third kappa shape index (κ3) is 5.25. The number of hydrogen-bond acceptors (Lipinski definition) is 4. The second-order valence-electron chi connectivity index (χ2n) is 8.41. The Morgan fingerprint density at radius 2 is 1.89 bits per heavy atom. The first-order chi connectivity index (χ1) is 12.6. The lowest BCUT2D eigenvalue weighted by molar-refractivity contribution is 0.0999. The summed E-state index contributed by atoms with van der Waals surface area (Å²) in [5.74, 6) is 0.381. The molecule has 8 heteroatoms. The summed E-state index contributed by atoms with van der Waals surface area (Å²) in [7, 11) is -0.263. The molecule has 0 unspecified atom stereocenters. The lowest BCUT2D eigenvalue weighted by Gasteiger charge is -2.38. The first kappa shape index (κ1) is 21.3. The van der Waals surface area contributed by atoms with Gasteiger partial charge in [0.2, 0.25) is 5.91 Å². The predicted octanol–water partition coefficient (Wildman–Crippen LogP) is 5.47. The highest BCUT2D eigenvalue weighted by Gasteiger charge is 2.41. The molecule has 0 radical (unpaired) electrons. The van der Waals surface area contributed by atoms with E-state index in [1.165, 1.54) is 0 Å². The molecule has 1 aromatic carbocycles. The van der Waals surface area contributed by atoms with Crippen LogP contribution in [0.5, 0.6) is 11.5 Å². The lowest BCUT2D eigenvalue weighted by Crippen LogP contribution is -2.43. The number of benzene rings is 1. The van der Waals surface area contributed by atoms with Crippen LogP contribution in [0.15, 0.2) is 23.3 Å². The van der Waals surface area contributed by atoms with Crippen molar-refractivity contribution in [2.45, 2.75) is 70.4 Å². The molecule has 0 saturated heterocycles. The molecule has 7 nitrogen and oxygen atoms in total. The van der Waals surface area contributed by atoms with E-state index in [0.29, 0.717) is 11.5 Å². The molecule has 1 fully saturated rings. The lowest BCUT2D eigenvalue weighted by atomic mass is 10.2. The van der Waals surface area contributed by atoms with Gasteiger partial charge in [0.25, 0.3) is 0 Å². The number of nitrogens with zero attached hydrogens (tertiary/aromatic N) is 3. The number of carbonyl (C=O) groups excluding carboxylic acids is 1. The minimum Gasteiger partial charge on any atom is -0.493 e. The standard InChI is InChI=1S/C19H29N3O4Si/c1-19(2,3)27(5,6)26-15-9-8-14(12-15)25-17-11-13(18(23)21-22-20)7-10-16(17)24-4/h7,10-11,14-15H,8-9,12H2,1-6H3/t14-,15-/m0/s1. The Bertz CT molecular complexity index is 739. The normalized spacial score (nSPS) is 20.1. The van der Waals surface area contributed by atoms with Gasteiger partial charge in [-0.2, -0.15) is 0 Å². The molecule has 1 amide bonds. The van der Waals surface area contributed by atoms with Crippen molar-refractivity contribution in [1.29, 1.82) is 0 Å². The smallest absolute Gasteiger partial charge is 0.249 e. The van der Waals surface area contributed by atoms with Gasteiger partial charge in [0.15, 0.2) is 19.8 Å². The zero-order chi connectivity index (χ0) is 20.2. The predicted molar refractivity (Wildman–Crippen MR) is 107 cm³/mol. The Kier molecular flexibility index (Phi) is 6.57. The third-order valence-electron chi connectivity index (χ3n) is 5.44. The molecule has 27 heavy (non-hydrogen) atoms. The largest absolute Gasteiger partial charge is 0.493 e. The van der Waals surface area contributed by atoms with Crippen molar-refractivity contribution >= 4 is 14.2 Å². The molecule has 1 aliphatic carbocycles. The van der Waals surface area contributed by atoms with Gasteiger partial charge >= 0.3 is 0 Å². The summed E-state index contributed by atoms with van der Waals surface area (Å²) in [5.41, 5.74) is 8.72. The van der Waals surface area contributed by atoms with Crippen LogP contribution in [0.3, 0.4) is 0 Å². The van der Waals surface area contributed by atoms with Gasteiger partial charge in [0, 0.05) is 23.0 Å². The highest BCUT2D eigenvalue weighted by atomic mass is 28.4. The van der Waals surface area contributed by atoms with Crippen molar-refractivity contribution in [1.82, 2.24) is 0 Å². The van der Waals surface area contributed by atoms with Crippen LogP contribution in [0.25, 0.3) is 10.4 Å². The molecule has 0 bridgehead atoms.